The van der Waals surface area contributed by atoms with Crippen molar-refractivity contribution < 1.29 is 27.5 Å². The predicted octanol–water partition coefficient (Wildman–Crippen LogP) is 3.68. The topological polar surface area (TPSA) is 61.9 Å². The van der Waals surface area contributed by atoms with E-state index in [1.54, 1.807) is 44.4 Å². The number of halogens is 3. The minimum atomic E-state index is -4.74. The summed E-state index contributed by atoms with van der Waals surface area (Å²) in [5, 5.41) is 2.78. The van der Waals surface area contributed by atoms with Gasteiger partial charge in [-0.25, -0.2) is 0 Å². The highest BCUT2D eigenvalue weighted by Gasteiger charge is 2.31. The van der Waals surface area contributed by atoms with Gasteiger partial charge >= 0.3 is 6.36 Å². The van der Waals surface area contributed by atoms with Crippen LogP contribution in [-0.2, 0) is 11.2 Å². The minimum Gasteiger partial charge on any atom is -0.406 e. The monoisotopic (exact) mass is 421 g/mol. The van der Waals surface area contributed by atoms with Crippen LogP contribution in [0, 0.1) is 0 Å². The zero-order chi connectivity index (χ0) is 21.9. The molecule has 30 heavy (non-hydrogen) atoms. The second-order valence-corrected chi connectivity index (χ2v) is 7.19. The standard InChI is InChI=1S/C21H22F3N3O3/c1-26(2)20(29)14-5-7-16(8-6-14)25-19(28)13-27-11-3-4-15-12-17(9-10-18(15)27)30-21(22,23)24/h5-10,12H,3-4,11,13H2,1-2H3,(H,25,28). The first-order chi connectivity index (χ1) is 14.1. The van der Waals surface area contributed by atoms with E-state index in [0.29, 0.717) is 29.8 Å². The second kappa shape index (κ2) is 8.64. The molecule has 0 aliphatic carbocycles. The van der Waals surface area contributed by atoms with Gasteiger partial charge in [0.1, 0.15) is 5.75 Å². The summed E-state index contributed by atoms with van der Waals surface area (Å²) in [4.78, 5) is 27.7. The summed E-state index contributed by atoms with van der Waals surface area (Å²) in [5.74, 6) is -0.656. The van der Waals surface area contributed by atoms with E-state index >= 15 is 0 Å². The summed E-state index contributed by atoms with van der Waals surface area (Å²) in [6.07, 6.45) is -3.41. The fraction of sp³-hybridized carbons (Fsp3) is 0.333. The van der Waals surface area contributed by atoms with Gasteiger partial charge in [-0.15, -0.1) is 13.2 Å². The quantitative estimate of drug-likeness (QED) is 0.800. The van der Waals surface area contributed by atoms with Crippen LogP contribution in [0.1, 0.15) is 22.3 Å². The van der Waals surface area contributed by atoms with E-state index in [1.165, 1.54) is 17.0 Å². The summed E-state index contributed by atoms with van der Waals surface area (Å²) in [7, 11) is 3.32. The molecule has 1 heterocycles. The molecule has 9 heteroatoms. The van der Waals surface area contributed by atoms with Crippen molar-refractivity contribution in [2.75, 3.05) is 37.4 Å². The van der Waals surface area contributed by atoms with Crippen molar-refractivity contribution in [3.63, 3.8) is 0 Å². The normalized spacial score (nSPS) is 13.4. The highest BCUT2D eigenvalue weighted by atomic mass is 19.4. The number of anilines is 2. The number of hydrogen-bond donors (Lipinski definition) is 1. The predicted molar refractivity (Wildman–Crippen MR) is 107 cm³/mol. The van der Waals surface area contributed by atoms with Gasteiger partial charge in [0.05, 0.1) is 6.54 Å². The van der Waals surface area contributed by atoms with Crippen LogP contribution in [0.2, 0.25) is 0 Å². The van der Waals surface area contributed by atoms with Crippen molar-refractivity contribution in [1.82, 2.24) is 4.90 Å². The van der Waals surface area contributed by atoms with Crippen LogP contribution in [0.15, 0.2) is 42.5 Å². The van der Waals surface area contributed by atoms with Gasteiger partial charge in [-0.3, -0.25) is 9.59 Å². The van der Waals surface area contributed by atoms with Gasteiger partial charge < -0.3 is 19.9 Å². The lowest BCUT2D eigenvalue weighted by atomic mass is 10.0. The lowest BCUT2D eigenvalue weighted by Crippen LogP contribution is -2.36. The average molecular weight is 421 g/mol. The molecule has 0 fully saturated rings. The molecular weight excluding hydrogens is 399 g/mol. The molecule has 2 aromatic rings. The fourth-order valence-corrected chi connectivity index (χ4v) is 3.34. The highest BCUT2D eigenvalue weighted by Crippen LogP contribution is 2.32. The molecule has 0 atom stereocenters. The summed E-state index contributed by atoms with van der Waals surface area (Å²) < 4.78 is 41.3. The first kappa shape index (κ1) is 21.5. The number of aryl methyl sites for hydroxylation is 1. The molecule has 0 bridgehead atoms. The fourth-order valence-electron chi connectivity index (χ4n) is 3.34. The Labute approximate surface area is 172 Å². The Morgan fingerprint density at radius 1 is 1.13 bits per heavy atom. The van der Waals surface area contributed by atoms with E-state index in [2.05, 4.69) is 10.1 Å². The first-order valence-electron chi connectivity index (χ1n) is 9.37. The number of amides is 2. The van der Waals surface area contributed by atoms with Gasteiger partial charge in [-0.2, -0.15) is 0 Å². The van der Waals surface area contributed by atoms with Gasteiger partial charge in [-0.1, -0.05) is 0 Å². The number of rotatable bonds is 5. The molecule has 0 spiro atoms. The van der Waals surface area contributed by atoms with Gasteiger partial charge in [0.2, 0.25) is 5.91 Å². The lowest BCUT2D eigenvalue weighted by Gasteiger charge is -2.31. The molecule has 0 saturated carbocycles. The molecule has 2 aromatic carbocycles. The highest BCUT2D eigenvalue weighted by molar-refractivity contribution is 5.96. The number of ether oxygens (including phenoxy) is 1. The molecule has 0 radical (unpaired) electrons. The number of alkyl halides is 3. The Hall–Kier alpha value is -3.23. The van der Waals surface area contributed by atoms with Crippen molar-refractivity contribution in [3.8, 4) is 5.75 Å². The molecular formula is C21H22F3N3O3. The maximum atomic E-state index is 12.5. The number of carbonyl (C=O) groups is 2. The molecule has 1 aliphatic heterocycles. The zero-order valence-electron chi connectivity index (χ0n) is 16.6. The number of hydrogen-bond acceptors (Lipinski definition) is 4. The minimum absolute atomic E-state index is 0.0604. The molecule has 2 amide bonds. The molecule has 0 unspecified atom stereocenters. The van der Waals surface area contributed by atoms with Crippen LogP contribution >= 0.6 is 0 Å². The van der Waals surface area contributed by atoms with Crippen LogP contribution in [0.25, 0.3) is 0 Å². The maximum absolute atomic E-state index is 12.5. The maximum Gasteiger partial charge on any atom is 0.573 e. The number of fused-ring (bicyclic) bond motifs is 1. The number of nitrogens with one attached hydrogen (secondary N) is 1. The van der Waals surface area contributed by atoms with Gasteiger partial charge in [-0.05, 0) is 60.9 Å². The second-order valence-electron chi connectivity index (χ2n) is 7.19. The van der Waals surface area contributed by atoms with Crippen LogP contribution < -0.4 is 15.0 Å². The Bertz CT molecular complexity index is 927. The Balaban J connectivity index is 1.64. The summed E-state index contributed by atoms with van der Waals surface area (Å²) in [6, 6.07) is 10.7. The lowest BCUT2D eigenvalue weighted by molar-refractivity contribution is -0.274. The van der Waals surface area contributed by atoms with E-state index in [9.17, 15) is 22.8 Å². The van der Waals surface area contributed by atoms with Crippen molar-refractivity contribution in [1.29, 1.82) is 0 Å². The van der Waals surface area contributed by atoms with Crippen LogP contribution in [0.3, 0.4) is 0 Å². The molecule has 0 saturated heterocycles. The van der Waals surface area contributed by atoms with Crippen molar-refractivity contribution in [2.45, 2.75) is 19.2 Å². The average Bonchev–Trinajstić information content (AvgIpc) is 2.66. The molecule has 1 aliphatic rings. The van der Waals surface area contributed by atoms with Crippen molar-refractivity contribution >= 4 is 23.2 Å². The number of nitrogens with zero attached hydrogens (tertiary/aromatic N) is 2. The summed E-state index contributed by atoms with van der Waals surface area (Å²) >= 11 is 0. The first-order valence-corrected chi connectivity index (χ1v) is 9.37. The molecule has 3 rings (SSSR count). The van der Waals surface area contributed by atoms with Gasteiger partial charge in [0.25, 0.3) is 5.91 Å². The molecule has 0 aromatic heterocycles. The third-order valence-corrected chi connectivity index (χ3v) is 4.66. The van der Waals surface area contributed by atoms with Crippen LogP contribution in [-0.4, -0.2) is 50.3 Å². The van der Waals surface area contributed by atoms with Crippen molar-refractivity contribution in [3.05, 3.63) is 53.6 Å². The summed E-state index contributed by atoms with van der Waals surface area (Å²) in [6.45, 7) is 0.682. The van der Waals surface area contributed by atoms with E-state index in [1.807, 2.05) is 4.90 Å². The number of carbonyl (C=O) groups excluding carboxylic acids is 2. The van der Waals surface area contributed by atoms with E-state index in [-0.39, 0.29) is 24.1 Å². The van der Waals surface area contributed by atoms with Crippen LogP contribution in [0.5, 0.6) is 5.75 Å². The Morgan fingerprint density at radius 3 is 2.47 bits per heavy atom. The molecule has 160 valence electrons. The Morgan fingerprint density at radius 2 is 1.83 bits per heavy atom. The van der Waals surface area contributed by atoms with E-state index in [4.69, 9.17) is 0 Å². The van der Waals surface area contributed by atoms with E-state index < -0.39 is 6.36 Å². The third-order valence-electron chi connectivity index (χ3n) is 4.66. The van der Waals surface area contributed by atoms with E-state index in [0.717, 1.165) is 12.1 Å². The van der Waals surface area contributed by atoms with Gasteiger partial charge in [0, 0.05) is 37.6 Å². The zero-order valence-corrected chi connectivity index (χ0v) is 16.6. The molecule has 6 nitrogen and oxygen atoms in total. The van der Waals surface area contributed by atoms with Gasteiger partial charge in [0.15, 0.2) is 0 Å². The smallest absolute Gasteiger partial charge is 0.406 e. The van der Waals surface area contributed by atoms with Crippen LogP contribution in [0.4, 0.5) is 24.5 Å². The Kier molecular flexibility index (Phi) is 6.19. The molecule has 1 N–H and O–H groups in total. The van der Waals surface area contributed by atoms with Crippen molar-refractivity contribution in [2.24, 2.45) is 0 Å². The largest absolute Gasteiger partial charge is 0.573 e. The third kappa shape index (κ3) is 5.43. The summed E-state index contributed by atoms with van der Waals surface area (Å²) in [5.41, 5.74) is 2.50. The SMILES string of the molecule is CN(C)C(=O)c1ccc(NC(=O)CN2CCCc3cc(OC(F)(F)F)ccc32)cc1. The number of benzene rings is 2.